The van der Waals surface area contributed by atoms with Gasteiger partial charge in [-0.3, -0.25) is 0 Å². The van der Waals surface area contributed by atoms with Gasteiger partial charge in [-0.05, 0) is 18.6 Å². The van der Waals surface area contributed by atoms with E-state index in [2.05, 4.69) is 16.9 Å². The summed E-state index contributed by atoms with van der Waals surface area (Å²) in [5, 5.41) is 4.18. The van der Waals surface area contributed by atoms with E-state index in [0.717, 1.165) is 27.7 Å². The van der Waals surface area contributed by atoms with Crippen molar-refractivity contribution in [2.75, 3.05) is 13.2 Å². The lowest BCUT2D eigenvalue weighted by atomic mass is 10.0. The molecule has 2 aromatic rings. The summed E-state index contributed by atoms with van der Waals surface area (Å²) in [4.78, 5) is 15.4. The maximum Gasteiger partial charge on any atom is 0.341 e. The second-order valence-corrected chi connectivity index (χ2v) is 4.68. The molecule has 2 heterocycles. The van der Waals surface area contributed by atoms with Crippen molar-refractivity contribution >= 4 is 28.0 Å². The SMILES string of the molecule is C=C1CNC=C(C(=O)OCC)c2[nH]c3ccccc3c21. The molecule has 0 aliphatic carbocycles. The highest BCUT2D eigenvalue weighted by atomic mass is 16.5. The van der Waals surface area contributed by atoms with Crippen molar-refractivity contribution in [1.82, 2.24) is 10.3 Å². The van der Waals surface area contributed by atoms with Gasteiger partial charge in [0.2, 0.25) is 0 Å². The summed E-state index contributed by atoms with van der Waals surface area (Å²) in [6.07, 6.45) is 1.70. The largest absolute Gasteiger partial charge is 0.462 e. The van der Waals surface area contributed by atoms with Crippen LogP contribution in [0.4, 0.5) is 0 Å². The number of rotatable bonds is 2. The number of aromatic amines is 1. The Kier molecular flexibility index (Phi) is 3.06. The number of ether oxygens (including phenoxy) is 1. The van der Waals surface area contributed by atoms with Gasteiger partial charge < -0.3 is 15.0 Å². The van der Waals surface area contributed by atoms with E-state index < -0.39 is 0 Å². The van der Waals surface area contributed by atoms with Gasteiger partial charge in [0.15, 0.2) is 0 Å². The Morgan fingerprint density at radius 2 is 2.20 bits per heavy atom. The summed E-state index contributed by atoms with van der Waals surface area (Å²) in [6.45, 7) is 6.87. The van der Waals surface area contributed by atoms with Gasteiger partial charge in [0.1, 0.15) is 0 Å². The van der Waals surface area contributed by atoms with Crippen LogP contribution >= 0.6 is 0 Å². The predicted molar refractivity (Wildman–Crippen MR) is 79.9 cm³/mol. The highest BCUT2D eigenvalue weighted by molar-refractivity contribution is 6.19. The van der Waals surface area contributed by atoms with Crippen LogP contribution in [0.2, 0.25) is 0 Å². The summed E-state index contributed by atoms with van der Waals surface area (Å²) in [7, 11) is 0. The minimum absolute atomic E-state index is 0.331. The molecule has 0 unspecified atom stereocenters. The van der Waals surface area contributed by atoms with Crippen LogP contribution in [0.15, 0.2) is 37.0 Å². The van der Waals surface area contributed by atoms with E-state index in [-0.39, 0.29) is 5.97 Å². The Morgan fingerprint density at radius 1 is 1.40 bits per heavy atom. The molecule has 2 N–H and O–H groups in total. The second-order valence-electron chi connectivity index (χ2n) is 4.68. The number of benzene rings is 1. The van der Waals surface area contributed by atoms with Gasteiger partial charge in [0.05, 0.1) is 17.9 Å². The van der Waals surface area contributed by atoms with Crippen molar-refractivity contribution in [3.05, 3.63) is 48.3 Å². The third kappa shape index (κ3) is 1.90. The van der Waals surface area contributed by atoms with Crippen molar-refractivity contribution in [3.63, 3.8) is 0 Å². The highest BCUT2D eigenvalue weighted by Gasteiger charge is 2.24. The lowest BCUT2D eigenvalue weighted by molar-refractivity contribution is -0.136. The fourth-order valence-electron chi connectivity index (χ4n) is 2.52. The third-order valence-corrected chi connectivity index (χ3v) is 3.39. The molecule has 0 saturated carbocycles. The molecule has 1 aliphatic heterocycles. The Morgan fingerprint density at radius 3 is 3.00 bits per heavy atom. The normalized spacial score (nSPS) is 14.2. The van der Waals surface area contributed by atoms with Crippen LogP contribution in [0.3, 0.4) is 0 Å². The molecule has 0 radical (unpaired) electrons. The summed E-state index contributed by atoms with van der Waals surface area (Å²) in [5.74, 6) is -0.331. The van der Waals surface area contributed by atoms with Crippen LogP contribution in [-0.2, 0) is 9.53 Å². The number of esters is 1. The Labute approximate surface area is 117 Å². The van der Waals surface area contributed by atoms with Crippen LogP contribution in [0.5, 0.6) is 0 Å². The standard InChI is InChI=1S/C16H16N2O2/c1-3-20-16(19)12-9-17-8-10(2)14-11-6-4-5-7-13(11)18-15(12)14/h4-7,9,17-18H,2-3,8H2,1H3. The highest BCUT2D eigenvalue weighted by Crippen LogP contribution is 2.33. The maximum atomic E-state index is 12.1. The number of carbonyl (C=O) groups is 1. The van der Waals surface area contributed by atoms with Crippen LogP contribution in [0.1, 0.15) is 18.2 Å². The number of nitrogens with one attached hydrogen (secondary N) is 2. The number of H-pyrrole nitrogens is 1. The molecule has 0 spiro atoms. The average molecular weight is 268 g/mol. The van der Waals surface area contributed by atoms with Gasteiger partial charge in [-0.15, -0.1) is 0 Å². The molecule has 1 aromatic carbocycles. The fraction of sp³-hybridized carbons (Fsp3) is 0.188. The molecule has 20 heavy (non-hydrogen) atoms. The zero-order valence-corrected chi connectivity index (χ0v) is 11.3. The van der Waals surface area contributed by atoms with Gasteiger partial charge in [-0.1, -0.05) is 24.8 Å². The van der Waals surface area contributed by atoms with Crippen molar-refractivity contribution < 1.29 is 9.53 Å². The number of aromatic nitrogens is 1. The van der Waals surface area contributed by atoms with E-state index in [0.29, 0.717) is 18.7 Å². The number of fused-ring (bicyclic) bond motifs is 3. The molecule has 0 fully saturated rings. The first-order valence-corrected chi connectivity index (χ1v) is 6.62. The topological polar surface area (TPSA) is 54.1 Å². The first kappa shape index (κ1) is 12.5. The average Bonchev–Trinajstić information content (AvgIpc) is 2.74. The van der Waals surface area contributed by atoms with E-state index >= 15 is 0 Å². The van der Waals surface area contributed by atoms with Crippen LogP contribution < -0.4 is 5.32 Å². The number of hydrogen-bond donors (Lipinski definition) is 2. The quantitative estimate of drug-likeness (QED) is 0.823. The summed E-state index contributed by atoms with van der Waals surface area (Å²) >= 11 is 0. The van der Waals surface area contributed by atoms with Crippen LogP contribution in [0.25, 0.3) is 22.0 Å². The van der Waals surface area contributed by atoms with E-state index in [1.165, 1.54) is 0 Å². The number of para-hydroxylation sites is 1. The first-order chi connectivity index (χ1) is 9.72. The molecular weight excluding hydrogens is 252 g/mol. The van der Waals surface area contributed by atoms with Crippen molar-refractivity contribution in [3.8, 4) is 0 Å². The molecule has 0 amide bonds. The zero-order valence-electron chi connectivity index (χ0n) is 11.3. The molecule has 3 rings (SSSR count). The third-order valence-electron chi connectivity index (χ3n) is 3.39. The van der Waals surface area contributed by atoms with E-state index in [1.807, 2.05) is 24.3 Å². The molecule has 0 bridgehead atoms. The summed E-state index contributed by atoms with van der Waals surface area (Å²) in [6, 6.07) is 7.97. The van der Waals surface area contributed by atoms with Crippen molar-refractivity contribution in [2.45, 2.75) is 6.92 Å². The fourth-order valence-corrected chi connectivity index (χ4v) is 2.52. The summed E-state index contributed by atoms with van der Waals surface area (Å²) < 4.78 is 5.13. The van der Waals surface area contributed by atoms with Gasteiger partial charge in [0.25, 0.3) is 0 Å². The molecule has 4 nitrogen and oxygen atoms in total. The summed E-state index contributed by atoms with van der Waals surface area (Å²) in [5.41, 5.74) is 4.23. The lowest BCUT2D eigenvalue weighted by Gasteiger charge is -2.06. The Bertz CT molecular complexity index is 725. The van der Waals surface area contributed by atoms with Crippen molar-refractivity contribution in [2.24, 2.45) is 0 Å². The van der Waals surface area contributed by atoms with Gasteiger partial charge in [0, 0.05) is 29.2 Å². The Hall–Kier alpha value is -2.49. The predicted octanol–water partition coefficient (Wildman–Crippen LogP) is 2.69. The van der Waals surface area contributed by atoms with E-state index in [4.69, 9.17) is 4.74 Å². The molecule has 4 heteroatoms. The number of hydrogen-bond acceptors (Lipinski definition) is 3. The zero-order chi connectivity index (χ0) is 14.1. The maximum absolute atomic E-state index is 12.1. The molecule has 0 saturated heterocycles. The smallest absolute Gasteiger partial charge is 0.341 e. The van der Waals surface area contributed by atoms with Crippen LogP contribution in [0, 0.1) is 0 Å². The number of carbonyl (C=O) groups excluding carboxylic acids is 1. The molecule has 102 valence electrons. The monoisotopic (exact) mass is 268 g/mol. The lowest BCUT2D eigenvalue weighted by Crippen LogP contribution is -2.10. The first-order valence-electron chi connectivity index (χ1n) is 6.62. The minimum Gasteiger partial charge on any atom is -0.462 e. The minimum atomic E-state index is -0.331. The van der Waals surface area contributed by atoms with Gasteiger partial charge >= 0.3 is 5.97 Å². The van der Waals surface area contributed by atoms with E-state index in [9.17, 15) is 4.79 Å². The molecule has 1 aromatic heterocycles. The van der Waals surface area contributed by atoms with Gasteiger partial charge in [-0.2, -0.15) is 0 Å². The van der Waals surface area contributed by atoms with Crippen molar-refractivity contribution in [1.29, 1.82) is 0 Å². The van der Waals surface area contributed by atoms with E-state index in [1.54, 1.807) is 13.1 Å². The second kappa shape index (κ2) is 4.89. The Balaban J connectivity index is 2.22. The van der Waals surface area contributed by atoms with Crippen LogP contribution in [-0.4, -0.2) is 24.1 Å². The van der Waals surface area contributed by atoms with Gasteiger partial charge in [-0.25, -0.2) is 4.79 Å². The molecule has 1 aliphatic rings. The molecule has 0 atom stereocenters. The molecular formula is C16H16N2O2.